The molecule has 0 aromatic heterocycles. The van der Waals surface area contributed by atoms with Crippen molar-refractivity contribution in [1.29, 1.82) is 0 Å². The topological polar surface area (TPSA) is 69.6 Å². The fourth-order valence-corrected chi connectivity index (χ4v) is 1.83. The highest BCUT2D eigenvalue weighted by molar-refractivity contribution is 5.93. The van der Waals surface area contributed by atoms with Crippen LogP contribution < -0.4 is 5.32 Å². The van der Waals surface area contributed by atoms with Crippen LogP contribution in [0.15, 0.2) is 18.2 Å². The summed E-state index contributed by atoms with van der Waals surface area (Å²) in [5, 5.41) is 11.1. The third kappa shape index (κ3) is 3.65. The second kappa shape index (κ2) is 5.27. The Morgan fingerprint density at radius 3 is 2.38 bits per heavy atom. The van der Waals surface area contributed by atoms with Crippen LogP contribution in [0, 0.1) is 0 Å². The Bertz CT molecular complexity index is 583. The Balaban J connectivity index is 2.27. The van der Waals surface area contributed by atoms with Crippen LogP contribution in [0.1, 0.15) is 28.8 Å². The first-order valence-corrected chi connectivity index (χ1v) is 6.18. The molecule has 0 spiro atoms. The molecule has 1 aliphatic carbocycles. The van der Waals surface area contributed by atoms with Crippen molar-refractivity contribution in [3.05, 3.63) is 29.3 Å². The molecule has 5 nitrogen and oxygen atoms in total. The minimum absolute atomic E-state index is 0.0924. The fraction of sp³-hybridized carbons (Fsp3) is 0.385. The molecule has 0 unspecified atom stereocenters. The van der Waals surface area contributed by atoms with Gasteiger partial charge in [0.15, 0.2) is 0 Å². The quantitative estimate of drug-likeness (QED) is 0.901. The van der Waals surface area contributed by atoms with Gasteiger partial charge in [0, 0.05) is 18.8 Å². The van der Waals surface area contributed by atoms with E-state index in [-0.39, 0.29) is 11.7 Å². The molecule has 1 aliphatic rings. The maximum Gasteiger partial charge on any atom is 0.416 e. The molecule has 0 aliphatic heterocycles. The van der Waals surface area contributed by atoms with Crippen molar-refractivity contribution >= 4 is 17.7 Å². The first-order valence-electron chi connectivity index (χ1n) is 6.18. The van der Waals surface area contributed by atoms with E-state index in [0.717, 1.165) is 18.9 Å². The number of benzene rings is 1. The highest BCUT2D eigenvalue weighted by Crippen LogP contribution is 2.32. The summed E-state index contributed by atoms with van der Waals surface area (Å²) in [5.74, 6) is -1.49. The highest BCUT2D eigenvalue weighted by Gasteiger charge is 2.33. The summed E-state index contributed by atoms with van der Waals surface area (Å²) >= 11 is 0. The molecule has 21 heavy (non-hydrogen) atoms. The first-order chi connectivity index (χ1) is 9.68. The molecule has 2 rings (SSSR count). The molecular formula is C13H13F3N2O3. The van der Waals surface area contributed by atoms with Crippen LogP contribution in [0.4, 0.5) is 23.7 Å². The van der Waals surface area contributed by atoms with E-state index in [1.807, 2.05) is 0 Å². The van der Waals surface area contributed by atoms with Gasteiger partial charge in [-0.3, -0.25) is 0 Å². The summed E-state index contributed by atoms with van der Waals surface area (Å²) in [6.45, 7) is 0. The molecule has 0 radical (unpaired) electrons. The number of hydrogen-bond donors (Lipinski definition) is 2. The lowest BCUT2D eigenvalue weighted by molar-refractivity contribution is -0.137. The number of carbonyl (C=O) groups is 2. The Morgan fingerprint density at radius 2 is 1.90 bits per heavy atom. The van der Waals surface area contributed by atoms with Gasteiger partial charge in [0.1, 0.15) is 0 Å². The van der Waals surface area contributed by atoms with Crippen molar-refractivity contribution < 1.29 is 27.9 Å². The summed E-state index contributed by atoms with van der Waals surface area (Å²) in [6.07, 6.45) is -2.98. The molecule has 1 fully saturated rings. The number of amides is 2. The van der Waals surface area contributed by atoms with E-state index >= 15 is 0 Å². The third-order valence-electron chi connectivity index (χ3n) is 3.17. The van der Waals surface area contributed by atoms with Crippen LogP contribution in [-0.4, -0.2) is 35.1 Å². The third-order valence-corrected chi connectivity index (χ3v) is 3.17. The van der Waals surface area contributed by atoms with E-state index in [9.17, 15) is 22.8 Å². The Hall–Kier alpha value is -2.25. The molecule has 0 saturated heterocycles. The number of anilines is 1. The number of carboxylic acid groups (broad SMARTS) is 1. The number of nitrogens with zero attached hydrogens (tertiary/aromatic N) is 1. The minimum Gasteiger partial charge on any atom is -0.478 e. The zero-order valence-corrected chi connectivity index (χ0v) is 11.1. The Morgan fingerprint density at radius 1 is 1.29 bits per heavy atom. The molecule has 1 aromatic carbocycles. The van der Waals surface area contributed by atoms with Gasteiger partial charge in [-0.05, 0) is 31.0 Å². The lowest BCUT2D eigenvalue weighted by Crippen LogP contribution is -2.33. The molecule has 0 bridgehead atoms. The highest BCUT2D eigenvalue weighted by atomic mass is 19.4. The standard InChI is InChI=1S/C13H13F3N2O3/c1-18(10-2-3-10)12(21)17-9-5-7(11(19)20)4-8(6-9)13(14,15)16/h4-6,10H,2-3H2,1H3,(H,17,21)(H,19,20). The van der Waals surface area contributed by atoms with Crippen molar-refractivity contribution in [1.82, 2.24) is 4.90 Å². The number of aromatic carboxylic acids is 1. The van der Waals surface area contributed by atoms with Crippen LogP contribution in [0.3, 0.4) is 0 Å². The molecule has 114 valence electrons. The predicted molar refractivity (Wildman–Crippen MR) is 68.2 cm³/mol. The largest absolute Gasteiger partial charge is 0.478 e. The van der Waals surface area contributed by atoms with Crippen LogP contribution >= 0.6 is 0 Å². The fourth-order valence-electron chi connectivity index (χ4n) is 1.83. The zero-order chi connectivity index (χ0) is 15.8. The molecular weight excluding hydrogens is 289 g/mol. The SMILES string of the molecule is CN(C(=O)Nc1cc(C(=O)O)cc(C(F)(F)F)c1)C1CC1. The average Bonchev–Trinajstić information content (AvgIpc) is 3.20. The molecule has 8 heteroatoms. The van der Waals surface area contributed by atoms with Crippen molar-refractivity contribution in [3.63, 3.8) is 0 Å². The van der Waals surface area contributed by atoms with Gasteiger partial charge in [0.05, 0.1) is 11.1 Å². The van der Waals surface area contributed by atoms with Gasteiger partial charge in [0.25, 0.3) is 0 Å². The maximum absolute atomic E-state index is 12.7. The van der Waals surface area contributed by atoms with E-state index in [0.29, 0.717) is 12.1 Å². The van der Waals surface area contributed by atoms with Gasteiger partial charge >= 0.3 is 18.2 Å². The molecule has 2 amide bonds. The van der Waals surface area contributed by atoms with Gasteiger partial charge in [-0.15, -0.1) is 0 Å². The number of urea groups is 1. The van der Waals surface area contributed by atoms with E-state index in [4.69, 9.17) is 5.11 Å². The lowest BCUT2D eigenvalue weighted by atomic mass is 10.1. The second-order valence-electron chi connectivity index (χ2n) is 4.87. The minimum atomic E-state index is -4.69. The zero-order valence-electron chi connectivity index (χ0n) is 11.1. The molecule has 0 atom stereocenters. The summed E-state index contributed by atoms with van der Waals surface area (Å²) in [4.78, 5) is 24.1. The van der Waals surface area contributed by atoms with E-state index in [1.165, 1.54) is 4.90 Å². The number of rotatable bonds is 3. The monoisotopic (exact) mass is 302 g/mol. The smallest absolute Gasteiger partial charge is 0.416 e. The Labute approximate surface area is 118 Å². The number of halogens is 3. The summed E-state index contributed by atoms with van der Waals surface area (Å²) in [7, 11) is 1.54. The van der Waals surface area contributed by atoms with E-state index < -0.39 is 29.3 Å². The van der Waals surface area contributed by atoms with Crippen molar-refractivity contribution in [2.75, 3.05) is 12.4 Å². The van der Waals surface area contributed by atoms with Gasteiger partial charge in [-0.25, -0.2) is 9.59 Å². The second-order valence-corrected chi connectivity index (χ2v) is 4.87. The maximum atomic E-state index is 12.7. The lowest BCUT2D eigenvalue weighted by Gasteiger charge is -2.18. The summed E-state index contributed by atoms with van der Waals surface area (Å²) < 4.78 is 38.2. The predicted octanol–water partition coefficient (Wildman–Crippen LogP) is 3.03. The number of hydrogen-bond acceptors (Lipinski definition) is 2. The van der Waals surface area contributed by atoms with Crippen LogP contribution in [0.5, 0.6) is 0 Å². The van der Waals surface area contributed by atoms with Crippen LogP contribution in [0.25, 0.3) is 0 Å². The van der Waals surface area contributed by atoms with Crippen molar-refractivity contribution in [3.8, 4) is 0 Å². The van der Waals surface area contributed by atoms with E-state index in [2.05, 4.69) is 5.32 Å². The number of carboxylic acids is 1. The van der Waals surface area contributed by atoms with Crippen molar-refractivity contribution in [2.45, 2.75) is 25.1 Å². The van der Waals surface area contributed by atoms with Crippen LogP contribution in [-0.2, 0) is 6.18 Å². The average molecular weight is 302 g/mol. The van der Waals surface area contributed by atoms with Gasteiger partial charge < -0.3 is 15.3 Å². The summed E-state index contributed by atoms with van der Waals surface area (Å²) in [6, 6.07) is 1.77. The van der Waals surface area contributed by atoms with Gasteiger partial charge in [-0.2, -0.15) is 13.2 Å². The molecule has 1 aromatic rings. The van der Waals surface area contributed by atoms with Gasteiger partial charge in [-0.1, -0.05) is 0 Å². The Kier molecular flexibility index (Phi) is 3.80. The summed E-state index contributed by atoms with van der Waals surface area (Å²) in [5.41, 5.74) is -1.85. The molecule has 1 saturated carbocycles. The van der Waals surface area contributed by atoms with Gasteiger partial charge in [0.2, 0.25) is 0 Å². The van der Waals surface area contributed by atoms with Crippen molar-refractivity contribution in [2.24, 2.45) is 0 Å². The number of carbonyl (C=O) groups excluding carboxylic acids is 1. The normalized spacial score (nSPS) is 14.7. The number of alkyl halides is 3. The molecule has 0 heterocycles. The van der Waals surface area contributed by atoms with Crippen LogP contribution in [0.2, 0.25) is 0 Å². The molecule has 2 N–H and O–H groups in total. The first kappa shape index (κ1) is 15.1. The van der Waals surface area contributed by atoms with E-state index in [1.54, 1.807) is 7.05 Å². The number of nitrogens with one attached hydrogen (secondary N) is 1.